The smallest absolute Gasteiger partial charge is 0.336 e. The van der Waals surface area contributed by atoms with Crippen LogP contribution in [0.3, 0.4) is 0 Å². The summed E-state index contributed by atoms with van der Waals surface area (Å²) in [6, 6.07) is 5.34. The Morgan fingerprint density at radius 1 is 1.05 bits per heavy atom. The van der Waals surface area contributed by atoms with Crippen molar-refractivity contribution >= 4 is 23.8 Å². The van der Waals surface area contributed by atoms with E-state index in [1.165, 1.54) is 31.2 Å². The molecule has 1 aromatic rings. The summed E-state index contributed by atoms with van der Waals surface area (Å²) in [6.45, 7) is 1.17. The molecule has 0 aliphatic heterocycles. The van der Waals surface area contributed by atoms with Crippen LogP contribution in [0.4, 0.5) is 0 Å². The van der Waals surface area contributed by atoms with E-state index in [1.54, 1.807) is 0 Å². The molecule has 4 N–H and O–H groups in total. The molecule has 8 heteroatoms. The second-order valence-electron chi connectivity index (χ2n) is 4.84. The van der Waals surface area contributed by atoms with Gasteiger partial charge in [0.1, 0.15) is 5.54 Å². The Kier molecular flexibility index (Phi) is 5.23. The molecule has 0 saturated carbocycles. The molecule has 22 heavy (non-hydrogen) atoms. The highest BCUT2D eigenvalue weighted by Gasteiger charge is 2.36. The minimum atomic E-state index is -1.82. The van der Waals surface area contributed by atoms with Gasteiger partial charge in [0.05, 0.1) is 11.1 Å². The molecule has 118 valence electrons. The number of carboxylic acid groups (broad SMARTS) is 3. The average molecular weight is 309 g/mol. The summed E-state index contributed by atoms with van der Waals surface area (Å²) in [4.78, 5) is 45.1. The van der Waals surface area contributed by atoms with Crippen molar-refractivity contribution in [1.29, 1.82) is 0 Å². The number of rotatable bonds is 7. The Hall–Kier alpha value is -2.90. The number of aromatic carboxylic acids is 1. The summed E-state index contributed by atoms with van der Waals surface area (Å²) in [6.07, 6.45) is -0.789. The fourth-order valence-electron chi connectivity index (χ4n) is 1.77. The van der Waals surface area contributed by atoms with Crippen LogP contribution in [0.1, 0.15) is 40.5 Å². The Morgan fingerprint density at radius 2 is 1.59 bits per heavy atom. The van der Waals surface area contributed by atoms with E-state index in [0.717, 1.165) is 0 Å². The molecule has 0 bridgehead atoms. The number of carbonyl (C=O) groups excluding carboxylic acids is 1. The number of benzene rings is 1. The van der Waals surface area contributed by atoms with Gasteiger partial charge >= 0.3 is 17.9 Å². The second-order valence-corrected chi connectivity index (χ2v) is 4.84. The van der Waals surface area contributed by atoms with E-state index in [4.69, 9.17) is 10.2 Å². The second kappa shape index (κ2) is 6.70. The number of nitrogens with one attached hydrogen (secondary N) is 1. The summed E-state index contributed by atoms with van der Waals surface area (Å²) in [5.41, 5.74) is -2.29. The maximum atomic E-state index is 12.1. The fourth-order valence-corrected chi connectivity index (χ4v) is 1.77. The van der Waals surface area contributed by atoms with Gasteiger partial charge in [-0.25, -0.2) is 9.59 Å². The van der Waals surface area contributed by atoms with Crippen molar-refractivity contribution < 1.29 is 34.5 Å². The van der Waals surface area contributed by atoms with E-state index in [2.05, 4.69) is 5.32 Å². The maximum Gasteiger partial charge on any atom is 0.336 e. The summed E-state index contributed by atoms with van der Waals surface area (Å²) in [5.74, 6) is -4.83. The Balaban J connectivity index is 3.04. The minimum absolute atomic E-state index is 0.196. The van der Waals surface area contributed by atoms with Crippen molar-refractivity contribution in [3.05, 3.63) is 35.4 Å². The molecular weight excluding hydrogens is 294 g/mol. The third-order valence-electron chi connectivity index (χ3n) is 3.10. The van der Waals surface area contributed by atoms with Crippen LogP contribution in [0.15, 0.2) is 24.3 Å². The fraction of sp³-hybridized carbons (Fsp3) is 0.286. The molecule has 0 aromatic heterocycles. The van der Waals surface area contributed by atoms with Crippen molar-refractivity contribution in [2.75, 3.05) is 0 Å². The highest BCUT2D eigenvalue weighted by atomic mass is 16.4. The monoisotopic (exact) mass is 309 g/mol. The number of aliphatic carboxylic acids is 2. The van der Waals surface area contributed by atoms with Crippen molar-refractivity contribution in [1.82, 2.24) is 5.32 Å². The third-order valence-corrected chi connectivity index (χ3v) is 3.10. The molecular formula is C14H15NO7. The van der Waals surface area contributed by atoms with Gasteiger partial charge in [-0.2, -0.15) is 0 Å². The predicted octanol–water partition coefficient (Wildman–Crippen LogP) is 0.823. The average Bonchev–Trinajstić information content (AvgIpc) is 2.44. The lowest BCUT2D eigenvalue weighted by Crippen LogP contribution is -2.52. The van der Waals surface area contributed by atoms with Crippen molar-refractivity contribution in [3.63, 3.8) is 0 Å². The van der Waals surface area contributed by atoms with Crippen LogP contribution < -0.4 is 5.32 Å². The van der Waals surface area contributed by atoms with Crippen molar-refractivity contribution in [2.24, 2.45) is 0 Å². The quantitative estimate of drug-likeness (QED) is 0.584. The van der Waals surface area contributed by atoms with Crippen LogP contribution in [0.2, 0.25) is 0 Å². The highest BCUT2D eigenvalue weighted by Crippen LogP contribution is 2.16. The molecule has 1 aromatic carbocycles. The zero-order valence-electron chi connectivity index (χ0n) is 11.7. The molecule has 8 nitrogen and oxygen atoms in total. The van der Waals surface area contributed by atoms with Gasteiger partial charge in [0, 0.05) is 6.42 Å². The van der Waals surface area contributed by atoms with Crippen LogP contribution in [-0.2, 0) is 9.59 Å². The molecule has 0 aliphatic rings. The topological polar surface area (TPSA) is 141 Å². The first-order valence-electron chi connectivity index (χ1n) is 6.27. The van der Waals surface area contributed by atoms with Crippen LogP contribution in [0, 0.1) is 0 Å². The van der Waals surface area contributed by atoms with Gasteiger partial charge < -0.3 is 20.6 Å². The van der Waals surface area contributed by atoms with Gasteiger partial charge in [0.15, 0.2) is 0 Å². The van der Waals surface area contributed by atoms with Gasteiger partial charge in [0.2, 0.25) is 0 Å². The van der Waals surface area contributed by atoms with Gasteiger partial charge in [-0.05, 0) is 25.5 Å². The van der Waals surface area contributed by atoms with Crippen molar-refractivity contribution in [3.8, 4) is 0 Å². The van der Waals surface area contributed by atoms with Gasteiger partial charge in [0.25, 0.3) is 5.91 Å². The Morgan fingerprint density at radius 3 is 2.05 bits per heavy atom. The minimum Gasteiger partial charge on any atom is -0.481 e. The molecule has 0 fully saturated rings. The molecule has 0 aliphatic carbocycles. The summed E-state index contributed by atoms with van der Waals surface area (Å²) in [7, 11) is 0. The predicted molar refractivity (Wildman–Crippen MR) is 73.8 cm³/mol. The van der Waals surface area contributed by atoms with Crippen LogP contribution >= 0.6 is 0 Å². The lowest BCUT2D eigenvalue weighted by atomic mass is 9.94. The Bertz CT molecular complexity index is 625. The summed E-state index contributed by atoms with van der Waals surface area (Å²) < 4.78 is 0. The van der Waals surface area contributed by atoms with Gasteiger partial charge in [-0.1, -0.05) is 12.1 Å². The largest absolute Gasteiger partial charge is 0.481 e. The molecule has 0 spiro atoms. The summed E-state index contributed by atoms with van der Waals surface area (Å²) in [5, 5.41) is 29.1. The molecule has 0 saturated heterocycles. The summed E-state index contributed by atoms with van der Waals surface area (Å²) >= 11 is 0. The molecule has 0 heterocycles. The number of carboxylic acids is 3. The van der Waals surface area contributed by atoms with E-state index in [1.807, 2.05) is 0 Å². The molecule has 0 unspecified atom stereocenters. The number of amides is 1. The van der Waals surface area contributed by atoms with E-state index >= 15 is 0 Å². The SMILES string of the molecule is C[C@@](CCC(=O)O)(NC(=O)c1ccccc1C(=O)O)C(=O)O. The third kappa shape index (κ3) is 4.05. The normalized spacial score (nSPS) is 13.0. The van der Waals surface area contributed by atoms with E-state index in [-0.39, 0.29) is 17.5 Å². The molecule has 1 atom stereocenters. The van der Waals surface area contributed by atoms with Gasteiger partial charge in [-0.15, -0.1) is 0 Å². The Labute approximate surface area is 125 Å². The van der Waals surface area contributed by atoms with Crippen molar-refractivity contribution in [2.45, 2.75) is 25.3 Å². The van der Waals surface area contributed by atoms with Crippen LogP contribution in [-0.4, -0.2) is 44.7 Å². The zero-order valence-corrected chi connectivity index (χ0v) is 11.7. The molecule has 1 amide bonds. The van der Waals surface area contributed by atoms with Crippen LogP contribution in [0.5, 0.6) is 0 Å². The lowest BCUT2D eigenvalue weighted by molar-refractivity contribution is -0.145. The first-order chi connectivity index (χ1) is 10.2. The molecule has 0 radical (unpaired) electrons. The van der Waals surface area contributed by atoms with E-state index in [0.29, 0.717) is 0 Å². The van der Waals surface area contributed by atoms with E-state index < -0.39 is 35.8 Å². The van der Waals surface area contributed by atoms with E-state index in [9.17, 15) is 24.3 Å². The highest BCUT2D eigenvalue weighted by molar-refractivity contribution is 6.06. The van der Waals surface area contributed by atoms with Gasteiger partial charge in [-0.3, -0.25) is 9.59 Å². The first-order valence-corrected chi connectivity index (χ1v) is 6.27. The number of hydrogen-bond acceptors (Lipinski definition) is 4. The maximum absolute atomic E-state index is 12.1. The molecule has 1 rings (SSSR count). The number of carbonyl (C=O) groups is 4. The first kappa shape index (κ1) is 17.2. The number of hydrogen-bond donors (Lipinski definition) is 4. The van der Waals surface area contributed by atoms with Crippen LogP contribution in [0.25, 0.3) is 0 Å². The standard InChI is InChI=1S/C14H15NO7/c1-14(13(21)22,7-6-10(16)17)15-11(18)8-4-2-3-5-9(8)12(19)20/h2-5H,6-7H2,1H3,(H,15,18)(H,16,17)(H,19,20)(H,21,22)/t14-/m0/s1. The zero-order chi connectivity index (χ0) is 16.9. The lowest BCUT2D eigenvalue weighted by Gasteiger charge is -2.26.